The van der Waals surface area contributed by atoms with Gasteiger partial charge in [-0.3, -0.25) is 19.3 Å². The Morgan fingerprint density at radius 2 is 1.89 bits per heavy atom. The lowest BCUT2D eigenvalue weighted by atomic mass is 9.83. The van der Waals surface area contributed by atoms with Crippen LogP contribution in [-0.2, 0) is 11.3 Å². The predicted molar refractivity (Wildman–Crippen MR) is 159 cm³/mol. The van der Waals surface area contributed by atoms with Crippen LogP contribution in [0.3, 0.4) is 0 Å². The summed E-state index contributed by atoms with van der Waals surface area (Å²) in [6.07, 6.45) is 6.97. The molecule has 14 heteroatoms. The van der Waals surface area contributed by atoms with Gasteiger partial charge in [0.2, 0.25) is 11.8 Å². The van der Waals surface area contributed by atoms with Gasteiger partial charge in [-0.1, -0.05) is 36.5 Å². The molecule has 232 valence electrons. The molecular formula is C30H33ClF2N8O3. The number of halogens is 3. The third kappa shape index (κ3) is 5.24. The first-order valence-electron chi connectivity index (χ1n) is 15.2. The number of alkyl halides is 2. The van der Waals surface area contributed by atoms with Gasteiger partial charge in [-0.25, -0.2) is 14.8 Å². The van der Waals surface area contributed by atoms with Crippen LogP contribution in [0.15, 0.2) is 33.8 Å². The number of carbonyl (C=O) groups excluding carboxylic acids is 1. The average molecular weight is 627 g/mol. The molecule has 1 N–H and O–H groups in total. The van der Waals surface area contributed by atoms with Crippen molar-refractivity contribution in [1.29, 1.82) is 0 Å². The molecule has 5 heterocycles. The minimum absolute atomic E-state index is 0.135. The smallest absolute Gasteiger partial charge is 0.335 e. The second-order valence-electron chi connectivity index (χ2n) is 12.3. The van der Waals surface area contributed by atoms with Gasteiger partial charge in [0, 0.05) is 37.6 Å². The molecule has 2 saturated carbocycles. The monoisotopic (exact) mass is 626 g/mol. The van der Waals surface area contributed by atoms with Crippen molar-refractivity contribution in [2.45, 2.75) is 76.9 Å². The van der Waals surface area contributed by atoms with Gasteiger partial charge in [-0.15, -0.1) is 0 Å². The second-order valence-corrected chi connectivity index (χ2v) is 12.7. The highest BCUT2D eigenvalue weighted by atomic mass is 35.5. The number of hydrogen-bond donors (Lipinski definition) is 1. The van der Waals surface area contributed by atoms with Crippen LogP contribution < -0.4 is 10.7 Å². The van der Waals surface area contributed by atoms with Gasteiger partial charge in [-0.2, -0.15) is 8.78 Å². The van der Waals surface area contributed by atoms with Crippen molar-refractivity contribution < 1.29 is 18.1 Å². The molecular weight excluding hydrogens is 594 g/mol. The van der Waals surface area contributed by atoms with E-state index in [0.717, 1.165) is 50.0 Å². The van der Waals surface area contributed by atoms with Crippen molar-refractivity contribution in [3.05, 3.63) is 40.1 Å². The molecule has 3 aliphatic rings. The summed E-state index contributed by atoms with van der Waals surface area (Å²) in [5, 5.41) is 4.30. The standard InChI is InChI=1S/C30H33ClF2N8O3/c1-16-5-7-17(8-6-16)15-41-25-20(36-29(41)40-10-9-39(28(42)26(32)33)22-3-2-4-23(22)40)12-21(27-37-30(43)44-38-27)35-24(25)18-11-19(31)14-34-13-18/h11-14,16-17,22-23,26H,2-10,15H2,1H3,(H,37,38,43)/t16?,17?,22-,23-/m1/s1. The minimum Gasteiger partial charge on any atom is -0.335 e. The number of aromatic nitrogens is 6. The highest BCUT2D eigenvalue weighted by molar-refractivity contribution is 6.30. The van der Waals surface area contributed by atoms with Crippen LogP contribution in [0.4, 0.5) is 14.7 Å². The number of H-pyrrole nitrogens is 1. The van der Waals surface area contributed by atoms with Crippen molar-refractivity contribution in [3.8, 4) is 22.8 Å². The van der Waals surface area contributed by atoms with Gasteiger partial charge in [0.05, 0.1) is 33.8 Å². The maximum atomic E-state index is 13.5. The Balaban J connectivity index is 1.40. The SMILES string of the molecule is CC1CCC(Cn2c(N3CCN(C(=O)C(F)F)[C@@H]4CCC[C@H]43)nc3cc(-c4noc(=O)[nH]4)nc(-c4cncc(Cl)c4)c32)CC1. The van der Waals surface area contributed by atoms with Crippen LogP contribution in [0.2, 0.25) is 5.02 Å². The quantitative estimate of drug-likeness (QED) is 0.311. The fourth-order valence-electron chi connectivity index (χ4n) is 7.35. The summed E-state index contributed by atoms with van der Waals surface area (Å²) in [6, 6.07) is 3.12. The molecule has 4 aromatic rings. The van der Waals surface area contributed by atoms with Crippen molar-refractivity contribution in [1.82, 2.24) is 34.6 Å². The van der Waals surface area contributed by atoms with Gasteiger partial charge < -0.3 is 14.4 Å². The third-order valence-corrected chi connectivity index (χ3v) is 9.70. The van der Waals surface area contributed by atoms with E-state index in [9.17, 15) is 18.4 Å². The van der Waals surface area contributed by atoms with Crippen molar-refractivity contribution >= 4 is 34.5 Å². The van der Waals surface area contributed by atoms with Crippen molar-refractivity contribution in [2.75, 3.05) is 18.0 Å². The number of anilines is 1. The summed E-state index contributed by atoms with van der Waals surface area (Å²) in [7, 11) is 0. The number of nitrogens with one attached hydrogen (secondary N) is 1. The maximum absolute atomic E-state index is 13.5. The predicted octanol–water partition coefficient (Wildman–Crippen LogP) is 5.15. The Labute approximate surface area is 256 Å². The molecule has 0 spiro atoms. The Morgan fingerprint density at radius 3 is 2.61 bits per heavy atom. The van der Waals surface area contributed by atoms with E-state index in [0.29, 0.717) is 58.8 Å². The van der Waals surface area contributed by atoms with E-state index in [2.05, 4.69) is 31.5 Å². The summed E-state index contributed by atoms with van der Waals surface area (Å²) >= 11 is 6.38. The number of amides is 1. The lowest BCUT2D eigenvalue weighted by Gasteiger charge is -2.45. The number of imidazole rings is 1. The lowest BCUT2D eigenvalue weighted by Crippen LogP contribution is -2.60. The molecule has 1 aliphatic heterocycles. The average Bonchev–Trinajstić information content (AvgIpc) is 3.76. The summed E-state index contributed by atoms with van der Waals surface area (Å²) < 4.78 is 34.0. The van der Waals surface area contributed by atoms with E-state index in [1.807, 2.05) is 0 Å². The number of carbonyl (C=O) groups is 1. The van der Waals surface area contributed by atoms with E-state index in [1.165, 1.54) is 4.90 Å². The van der Waals surface area contributed by atoms with Crippen LogP contribution in [-0.4, -0.2) is 72.1 Å². The number of rotatable bonds is 6. The van der Waals surface area contributed by atoms with Crippen LogP contribution in [0, 0.1) is 11.8 Å². The van der Waals surface area contributed by atoms with Crippen LogP contribution in [0.25, 0.3) is 33.8 Å². The number of aromatic amines is 1. The Kier molecular flexibility index (Phi) is 7.59. The molecule has 2 aliphatic carbocycles. The number of hydrogen-bond acceptors (Lipinski definition) is 8. The normalized spacial score (nSPS) is 23.9. The molecule has 1 amide bonds. The maximum Gasteiger partial charge on any atom is 0.439 e. The zero-order valence-corrected chi connectivity index (χ0v) is 25.0. The molecule has 0 aromatic carbocycles. The molecule has 1 saturated heterocycles. The molecule has 2 atom stereocenters. The number of fused-ring (bicyclic) bond motifs is 2. The second kappa shape index (κ2) is 11.6. The van der Waals surface area contributed by atoms with E-state index in [4.69, 9.17) is 26.1 Å². The van der Waals surface area contributed by atoms with Gasteiger partial charge in [0.25, 0.3) is 5.91 Å². The zero-order valence-electron chi connectivity index (χ0n) is 24.3. The molecule has 0 radical (unpaired) electrons. The number of pyridine rings is 2. The van der Waals surface area contributed by atoms with Gasteiger partial charge in [-0.05, 0) is 56.1 Å². The molecule has 44 heavy (non-hydrogen) atoms. The number of nitrogens with zero attached hydrogens (tertiary/aromatic N) is 7. The lowest BCUT2D eigenvalue weighted by molar-refractivity contribution is -0.146. The fraction of sp³-hybridized carbons (Fsp3) is 0.533. The van der Waals surface area contributed by atoms with Gasteiger partial charge >= 0.3 is 12.2 Å². The molecule has 0 unspecified atom stereocenters. The first-order valence-corrected chi connectivity index (χ1v) is 15.6. The van der Waals surface area contributed by atoms with E-state index in [1.54, 1.807) is 24.5 Å². The topological polar surface area (TPSA) is 126 Å². The van der Waals surface area contributed by atoms with Gasteiger partial charge in [0.1, 0.15) is 5.69 Å². The Bertz CT molecular complexity index is 1750. The molecule has 4 aromatic heterocycles. The van der Waals surface area contributed by atoms with Crippen LogP contribution >= 0.6 is 11.6 Å². The van der Waals surface area contributed by atoms with E-state index < -0.39 is 18.1 Å². The number of piperazine rings is 1. The first-order chi connectivity index (χ1) is 21.3. The van der Waals surface area contributed by atoms with Crippen LogP contribution in [0.1, 0.15) is 51.9 Å². The van der Waals surface area contributed by atoms with Gasteiger partial charge in [0.15, 0.2) is 0 Å². The summed E-state index contributed by atoms with van der Waals surface area (Å²) in [6.45, 7) is 3.58. The van der Waals surface area contributed by atoms with E-state index in [-0.39, 0.29) is 24.5 Å². The first kappa shape index (κ1) is 28.9. The van der Waals surface area contributed by atoms with Crippen molar-refractivity contribution in [2.24, 2.45) is 11.8 Å². The summed E-state index contributed by atoms with van der Waals surface area (Å²) in [5.74, 6) is 0.197. The Morgan fingerprint density at radius 1 is 1.09 bits per heavy atom. The summed E-state index contributed by atoms with van der Waals surface area (Å²) in [4.78, 5) is 44.8. The third-order valence-electron chi connectivity index (χ3n) is 9.49. The molecule has 3 fully saturated rings. The van der Waals surface area contributed by atoms with E-state index >= 15 is 0 Å². The highest BCUT2D eigenvalue weighted by Gasteiger charge is 2.45. The molecule has 11 nitrogen and oxygen atoms in total. The van der Waals surface area contributed by atoms with Crippen LogP contribution in [0.5, 0.6) is 0 Å². The molecule has 7 rings (SSSR count). The fourth-order valence-corrected chi connectivity index (χ4v) is 7.53. The summed E-state index contributed by atoms with van der Waals surface area (Å²) in [5.41, 5.74) is 3.04. The highest BCUT2D eigenvalue weighted by Crippen LogP contribution is 2.40. The Hall–Kier alpha value is -3.87. The zero-order chi connectivity index (χ0) is 30.5. The van der Waals surface area contributed by atoms with Crippen molar-refractivity contribution in [3.63, 3.8) is 0 Å². The minimum atomic E-state index is -3.03. The largest absolute Gasteiger partial charge is 0.439 e. The molecule has 0 bridgehead atoms.